The number of benzene rings is 2. The van der Waals surface area contributed by atoms with Gasteiger partial charge in [-0.1, -0.05) is 68.4 Å². The quantitative estimate of drug-likeness (QED) is 0.678. The summed E-state index contributed by atoms with van der Waals surface area (Å²) >= 11 is 0. The van der Waals surface area contributed by atoms with Crippen LogP contribution >= 0.6 is 0 Å². The first-order chi connectivity index (χ1) is 11.1. The van der Waals surface area contributed by atoms with Crippen LogP contribution in [0.1, 0.15) is 49.0 Å². The summed E-state index contributed by atoms with van der Waals surface area (Å²) in [7, 11) is 4.21. The fourth-order valence-corrected chi connectivity index (χ4v) is 2.63. The van der Waals surface area contributed by atoms with Gasteiger partial charge in [0.15, 0.2) is 0 Å². The lowest BCUT2D eigenvalue weighted by Gasteiger charge is -2.21. The maximum atomic E-state index is 6.27. The molecule has 0 bridgehead atoms. The minimum absolute atomic E-state index is 0.140. The van der Waals surface area contributed by atoms with Gasteiger partial charge in [-0.2, -0.15) is 0 Å². The molecule has 0 fully saturated rings. The molecule has 0 aromatic heterocycles. The average molecular weight is 311 g/mol. The van der Waals surface area contributed by atoms with Crippen molar-refractivity contribution in [1.29, 1.82) is 0 Å². The Kier molecular flexibility index (Phi) is 6.82. The van der Waals surface area contributed by atoms with E-state index in [0.717, 1.165) is 13.0 Å². The van der Waals surface area contributed by atoms with Crippen molar-refractivity contribution >= 4 is 0 Å². The van der Waals surface area contributed by atoms with E-state index in [4.69, 9.17) is 4.74 Å². The second-order valence-corrected chi connectivity index (χ2v) is 6.70. The first kappa shape index (κ1) is 17.7. The van der Waals surface area contributed by atoms with E-state index in [1.807, 2.05) is 0 Å². The zero-order chi connectivity index (χ0) is 16.7. The SMILES string of the molecule is CC(C)c1cccc(COC(CCN(C)C)c2ccccc2)c1. The molecule has 2 rings (SSSR count). The molecule has 0 aliphatic heterocycles. The maximum absolute atomic E-state index is 6.27. The zero-order valence-electron chi connectivity index (χ0n) is 14.8. The number of hydrogen-bond acceptors (Lipinski definition) is 2. The highest BCUT2D eigenvalue weighted by molar-refractivity contribution is 5.25. The normalized spacial score (nSPS) is 12.8. The molecule has 0 N–H and O–H groups in total. The van der Waals surface area contributed by atoms with Crippen molar-refractivity contribution in [3.63, 3.8) is 0 Å². The van der Waals surface area contributed by atoms with Gasteiger partial charge in [0.05, 0.1) is 12.7 Å². The molecule has 23 heavy (non-hydrogen) atoms. The van der Waals surface area contributed by atoms with Crippen LogP contribution in [0.2, 0.25) is 0 Å². The first-order valence-corrected chi connectivity index (χ1v) is 8.46. The van der Waals surface area contributed by atoms with Crippen molar-refractivity contribution in [2.45, 2.75) is 38.9 Å². The van der Waals surface area contributed by atoms with Crippen molar-refractivity contribution in [1.82, 2.24) is 4.90 Å². The zero-order valence-corrected chi connectivity index (χ0v) is 14.8. The van der Waals surface area contributed by atoms with Crippen LogP contribution in [-0.4, -0.2) is 25.5 Å². The fourth-order valence-electron chi connectivity index (χ4n) is 2.63. The summed E-state index contributed by atoms with van der Waals surface area (Å²) in [6, 6.07) is 19.3. The number of rotatable bonds is 8. The van der Waals surface area contributed by atoms with Gasteiger partial charge in [-0.05, 0) is 43.1 Å². The molecule has 0 spiro atoms. The van der Waals surface area contributed by atoms with Crippen LogP contribution in [0.4, 0.5) is 0 Å². The Balaban J connectivity index is 2.04. The molecule has 0 radical (unpaired) electrons. The molecule has 0 amide bonds. The topological polar surface area (TPSA) is 12.5 Å². The van der Waals surface area contributed by atoms with Gasteiger partial charge >= 0.3 is 0 Å². The standard InChI is InChI=1S/C21H29NO/c1-17(2)20-12-8-9-18(15-20)16-23-21(13-14-22(3)4)19-10-6-5-7-11-19/h5-12,15,17,21H,13-14,16H2,1-4H3. The van der Waals surface area contributed by atoms with E-state index >= 15 is 0 Å². The summed E-state index contributed by atoms with van der Waals surface area (Å²) in [6.07, 6.45) is 1.14. The molecule has 124 valence electrons. The lowest BCUT2D eigenvalue weighted by Crippen LogP contribution is -2.17. The number of nitrogens with zero attached hydrogens (tertiary/aromatic N) is 1. The Hall–Kier alpha value is -1.64. The summed E-state index contributed by atoms with van der Waals surface area (Å²) in [4.78, 5) is 2.21. The van der Waals surface area contributed by atoms with Crippen molar-refractivity contribution in [2.24, 2.45) is 0 Å². The lowest BCUT2D eigenvalue weighted by atomic mass is 10.0. The van der Waals surface area contributed by atoms with E-state index in [1.165, 1.54) is 16.7 Å². The van der Waals surface area contributed by atoms with Gasteiger partial charge in [0.2, 0.25) is 0 Å². The van der Waals surface area contributed by atoms with Gasteiger partial charge in [-0.25, -0.2) is 0 Å². The van der Waals surface area contributed by atoms with Gasteiger partial charge < -0.3 is 9.64 Å². The Morgan fingerprint density at radius 2 is 1.61 bits per heavy atom. The summed E-state index contributed by atoms with van der Waals surface area (Å²) in [5.74, 6) is 0.550. The maximum Gasteiger partial charge on any atom is 0.0841 e. The highest BCUT2D eigenvalue weighted by Gasteiger charge is 2.12. The summed E-state index contributed by atoms with van der Waals surface area (Å²) in [6.45, 7) is 6.13. The number of hydrogen-bond donors (Lipinski definition) is 0. The van der Waals surface area contributed by atoms with Crippen LogP contribution in [0, 0.1) is 0 Å². The molecule has 1 unspecified atom stereocenters. The molecular weight excluding hydrogens is 282 g/mol. The second-order valence-electron chi connectivity index (χ2n) is 6.70. The first-order valence-electron chi connectivity index (χ1n) is 8.46. The minimum Gasteiger partial charge on any atom is -0.369 e. The van der Waals surface area contributed by atoms with Crippen molar-refractivity contribution in [3.05, 3.63) is 71.3 Å². The third-order valence-corrected chi connectivity index (χ3v) is 4.08. The second kappa shape index (κ2) is 8.85. The van der Waals surface area contributed by atoms with Gasteiger partial charge in [0, 0.05) is 6.54 Å². The predicted octanol–water partition coefficient (Wildman–Crippen LogP) is 5.02. The van der Waals surface area contributed by atoms with E-state index in [0.29, 0.717) is 12.5 Å². The van der Waals surface area contributed by atoms with E-state index in [2.05, 4.69) is 87.4 Å². The lowest BCUT2D eigenvalue weighted by molar-refractivity contribution is 0.0296. The van der Waals surface area contributed by atoms with Crippen LogP contribution in [0.25, 0.3) is 0 Å². The van der Waals surface area contributed by atoms with Crippen LogP contribution in [0.5, 0.6) is 0 Å². The van der Waals surface area contributed by atoms with Gasteiger partial charge in [0.25, 0.3) is 0 Å². The Labute approximate surface area is 141 Å². The molecule has 2 heteroatoms. The van der Waals surface area contributed by atoms with Crippen molar-refractivity contribution in [2.75, 3.05) is 20.6 Å². The molecule has 2 aromatic carbocycles. The monoisotopic (exact) mass is 311 g/mol. The minimum atomic E-state index is 0.140. The van der Waals surface area contributed by atoms with Gasteiger partial charge in [-0.15, -0.1) is 0 Å². The molecular formula is C21H29NO. The van der Waals surface area contributed by atoms with E-state index < -0.39 is 0 Å². The molecule has 0 aliphatic rings. The number of ether oxygens (including phenoxy) is 1. The summed E-state index contributed by atoms with van der Waals surface area (Å²) in [5, 5.41) is 0. The van der Waals surface area contributed by atoms with Crippen LogP contribution < -0.4 is 0 Å². The third-order valence-electron chi connectivity index (χ3n) is 4.08. The van der Waals surface area contributed by atoms with E-state index in [1.54, 1.807) is 0 Å². The average Bonchev–Trinajstić information content (AvgIpc) is 2.55. The Morgan fingerprint density at radius 1 is 0.913 bits per heavy atom. The molecule has 0 aliphatic carbocycles. The fraction of sp³-hybridized carbons (Fsp3) is 0.429. The Morgan fingerprint density at radius 3 is 2.26 bits per heavy atom. The molecule has 2 aromatic rings. The van der Waals surface area contributed by atoms with Crippen LogP contribution in [-0.2, 0) is 11.3 Å². The van der Waals surface area contributed by atoms with E-state index in [9.17, 15) is 0 Å². The van der Waals surface area contributed by atoms with Crippen LogP contribution in [0.3, 0.4) is 0 Å². The largest absolute Gasteiger partial charge is 0.369 e. The molecule has 0 saturated carbocycles. The third kappa shape index (κ3) is 5.81. The smallest absolute Gasteiger partial charge is 0.0841 e. The van der Waals surface area contributed by atoms with Gasteiger partial charge in [0.1, 0.15) is 0 Å². The Bertz CT molecular complexity index is 577. The predicted molar refractivity (Wildman–Crippen MR) is 97.7 cm³/mol. The summed E-state index contributed by atoms with van der Waals surface area (Å²) in [5.41, 5.74) is 3.88. The molecule has 0 heterocycles. The highest BCUT2D eigenvalue weighted by Crippen LogP contribution is 2.24. The summed E-state index contributed by atoms with van der Waals surface area (Å²) < 4.78 is 6.27. The molecule has 0 saturated heterocycles. The molecule has 1 atom stereocenters. The van der Waals surface area contributed by atoms with Crippen molar-refractivity contribution in [3.8, 4) is 0 Å². The van der Waals surface area contributed by atoms with Gasteiger partial charge in [-0.3, -0.25) is 0 Å². The van der Waals surface area contributed by atoms with Crippen molar-refractivity contribution < 1.29 is 4.74 Å². The van der Waals surface area contributed by atoms with E-state index in [-0.39, 0.29) is 6.10 Å². The molecule has 2 nitrogen and oxygen atoms in total. The highest BCUT2D eigenvalue weighted by atomic mass is 16.5. The van der Waals surface area contributed by atoms with Crippen LogP contribution in [0.15, 0.2) is 54.6 Å².